The maximum absolute atomic E-state index is 5.92. The van der Waals surface area contributed by atoms with Crippen molar-refractivity contribution in [1.82, 2.24) is 0 Å². The largest absolute Gasteiger partial charge is 0.505 e. The Kier molecular flexibility index (Phi) is 2.70. The van der Waals surface area contributed by atoms with E-state index in [2.05, 4.69) is 40.3 Å². The Morgan fingerprint density at radius 1 is 1.13 bits per heavy atom. The van der Waals surface area contributed by atoms with E-state index in [1.807, 2.05) is 12.1 Å². The lowest BCUT2D eigenvalue weighted by atomic mass is 9.88. The van der Waals surface area contributed by atoms with E-state index in [1.54, 1.807) is 11.3 Å². The van der Waals surface area contributed by atoms with E-state index in [4.69, 9.17) is 9.31 Å². The van der Waals surface area contributed by atoms with Crippen LogP contribution in [0.15, 0.2) is 16.3 Å². The molecule has 0 bridgehead atoms. The van der Waals surface area contributed by atoms with Crippen LogP contribution in [-0.4, -0.2) is 18.3 Å². The van der Waals surface area contributed by atoms with E-state index in [1.165, 1.54) is 0 Å². The summed E-state index contributed by atoms with van der Waals surface area (Å²) in [7, 11) is -0.249. The Morgan fingerprint density at radius 3 is 2.07 bits per heavy atom. The van der Waals surface area contributed by atoms with Crippen LogP contribution in [-0.2, 0) is 9.31 Å². The van der Waals surface area contributed by atoms with Crippen LogP contribution in [0.1, 0.15) is 27.7 Å². The lowest BCUT2D eigenvalue weighted by molar-refractivity contribution is 0.00578. The molecule has 0 aromatic carbocycles. The van der Waals surface area contributed by atoms with Crippen LogP contribution in [0, 0.1) is 0 Å². The molecule has 1 fully saturated rings. The minimum Gasteiger partial charge on any atom is -0.399 e. The van der Waals surface area contributed by atoms with Gasteiger partial charge in [0, 0.05) is 4.78 Å². The molecule has 0 unspecified atom stereocenters. The fraction of sp³-hybridized carbons (Fsp3) is 0.600. The van der Waals surface area contributed by atoms with Crippen molar-refractivity contribution in [3.05, 3.63) is 12.1 Å². The molecule has 0 radical (unpaired) electrons. The second kappa shape index (κ2) is 3.52. The molecule has 1 aliphatic heterocycles. The van der Waals surface area contributed by atoms with Gasteiger partial charge in [0.25, 0.3) is 0 Å². The molecule has 1 saturated heterocycles. The zero-order chi connectivity index (χ0) is 11.3. The SMILES string of the molecule is CC1(C)OB(c2ccc(S)s2)OC1(C)C. The van der Waals surface area contributed by atoms with Gasteiger partial charge in [0.05, 0.1) is 15.4 Å². The predicted molar refractivity (Wildman–Crippen MR) is 67.3 cm³/mol. The second-order valence-electron chi connectivity index (χ2n) is 4.76. The summed E-state index contributed by atoms with van der Waals surface area (Å²) < 4.78 is 13.9. The van der Waals surface area contributed by atoms with Crippen LogP contribution >= 0.6 is 24.0 Å². The van der Waals surface area contributed by atoms with Gasteiger partial charge in [0.15, 0.2) is 0 Å². The first-order valence-corrected chi connectivity index (χ1v) is 6.22. The zero-order valence-electron chi connectivity index (χ0n) is 9.40. The molecule has 5 heteroatoms. The van der Waals surface area contributed by atoms with Crippen LogP contribution < -0.4 is 4.78 Å². The maximum atomic E-state index is 5.92. The van der Waals surface area contributed by atoms with Gasteiger partial charge in [-0.1, -0.05) is 6.07 Å². The van der Waals surface area contributed by atoms with Crippen molar-refractivity contribution in [2.45, 2.75) is 43.1 Å². The van der Waals surface area contributed by atoms with Gasteiger partial charge in [-0.15, -0.1) is 24.0 Å². The van der Waals surface area contributed by atoms with Crippen molar-refractivity contribution < 1.29 is 9.31 Å². The first-order valence-electron chi connectivity index (χ1n) is 4.96. The summed E-state index contributed by atoms with van der Waals surface area (Å²) in [6.45, 7) is 8.23. The zero-order valence-corrected chi connectivity index (χ0v) is 11.1. The Labute approximate surface area is 101 Å². The van der Waals surface area contributed by atoms with Crippen molar-refractivity contribution >= 4 is 35.9 Å². The summed E-state index contributed by atoms with van der Waals surface area (Å²) in [5, 5.41) is 0. The number of hydrogen-bond donors (Lipinski definition) is 1. The highest BCUT2D eigenvalue weighted by Gasteiger charge is 2.52. The van der Waals surface area contributed by atoms with Gasteiger partial charge in [0.1, 0.15) is 0 Å². The molecule has 1 aliphatic rings. The minimum absolute atomic E-state index is 0.249. The molecule has 2 rings (SSSR count). The summed E-state index contributed by atoms with van der Waals surface area (Å²) in [4.78, 5) is 0. The third-order valence-electron chi connectivity index (χ3n) is 3.10. The van der Waals surface area contributed by atoms with E-state index in [-0.39, 0.29) is 18.3 Å². The van der Waals surface area contributed by atoms with E-state index in [0.29, 0.717) is 0 Å². The lowest BCUT2D eigenvalue weighted by Gasteiger charge is -2.32. The summed E-state index contributed by atoms with van der Waals surface area (Å²) >= 11 is 5.89. The predicted octanol–water partition coefficient (Wildman–Crippen LogP) is 2.34. The summed E-state index contributed by atoms with van der Waals surface area (Å²) in [5.74, 6) is 0. The topological polar surface area (TPSA) is 18.5 Å². The third kappa shape index (κ3) is 1.98. The molecule has 15 heavy (non-hydrogen) atoms. The molecule has 0 spiro atoms. The van der Waals surface area contributed by atoms with Crippen molar-refractivity contribution in [1.29, 1.82) is 0 Å². The molecule has 0 saturated carbocycles. The normalized spacial score (nSPS) is 23.4. The average molecular weight is 242 g/mol. The van der Waals surface area contributed by atoms with Crippen LogP contribution in [0.2, 0.25) is 0 Å². The van der Waals surface area contributed by atoms with Gasteiger partial charge < -0.3 is 9.31 Å². The fourth-order valence-electron chi connectivity index (χ4n) is 1.43. The van der Waals surface area contributed by atoms with Crippen molar-refractivity contribution in [2.24, 2.45) is 0 Å². The molecule has 0 amide bonds. The van der Waals surface area contributed by atoms with Gasteiger partial charge in [-0.3, -0.25) is 0 Å². The summed E-state index contributed by atoms with van der Waals surface area (Å²) in [6.07, 6.45) is 0. The number of hydrogen-bond acceptors (Lipinski definition) is 4. The second-order valence-corrected chi connectivity index (χ2v) is 6.66. The van der Waals surface area contributed by atoms with Gasteiger partial charge >= 0.3 is 7.12 Å². The van der Waals surface area contributed by atoms with Crippen LogP contribution in [0.5, 0.6) is 0 Å². The molecular formula is C10H15BO2S2. The Morgan fingerprint density at radius 2 is 1.67 bits per heavy atom. The van der Waals surface area contributed by atoms with Crippen LogP contribution in [0.4, 0.5) is 0 Å². The molecule has 0 atom stereocenters. The first kappa shape index (κ1) is 11.5. The van der Waals surface area contributed by atoms with Crippen molar-refractivity contribution in [2.75, 3.05) is 0 Å². The highest BCUT2D eigenvalue weighted by molar-refractivity contribution is 7.83. The molecule has 0 N–H and O–H groups in total. The van der Waals surface area contributed by atoms with E-state index in [0.717, 1.165) is 8.99 Å². The maximum Gasteiger partial charge on any atom is 0.505 e. The smallest absolute Gasteiger partial charge is 0.399 e. The first-order chi connectivity index (χ1) is 6.82. The molecular weight excluding hydrogens is 227 g/mol. The van der Waals surface area contributed by atoms with Crippen LogP contribution in [0.3, 0.4) is 0 Å². The highest BCUT2D eigenvalue weighted by atomic mass is 32.2. The molecule has 1 aromatic heterocycles. The van der Waals surface area contributed by atoms with Crippen molar-refractivity contribution in [3.63, 3.8) is 0 Å². The molecule has 1 aromatic rings. The molecule has 2 heterocycles. The van der Waals surface area contributed by atoms with Crippen molar-refractivity contribution in [3.8, 4) is 0 Å². The fourth-order valence-corrected chi connectivity index (χ4v) is 2.52. The number of thiophene rings is 1. The Hall–Kier alpha value is 0.0349. The molecule has 0 aliphatic carbocycles. The number of thiol groups is 1. The highest BCUT2D eigenvalue weighted by Crippen LogP contribution is 2.37. The quantitative estimate of drug-likeness (QED) is 0.602. The monoisotopic (exact) mass is 242 g/mol. The van der Waals surface area contributed by atoms with Crippen LogP contribution in [0.25, 0.3) is 0 Å². The van der Waals surface area contributed by atoms with E-state index < -0.39 is 0 Å². The summed E-state index contributed by atoms with van der Waals surface area (Å²) in [6, 6.07) is 3.98. The Balaban J connectivity index is 2.23. The van der Waals surface area contributed by atoms with Gasteiger partial charge in [-0.25, -0.2) is 0 Å². The van der Waals surface area contributed by atoms with E-state index in [9.17, 15) is 0 Å². The molecule has 82 valence electrons. The average Bonchev–Trinajstić information content (AvgIpc) is 2.56. The minimum atomic E-state index is -0.265. The van der Waals surface area contributed by atoms with Gasteiger partial charge in [0.2, 0.25) is 0 Å². The summed E-state index contributed by atoms with van der Waals surface area (Å²) in [5.41, 5.74) is -0.531. The standard InChI is InChI=1S/C10H15BO2S2/c1-9(2)10(3,4)13-11(12-9)7-5-6-8(14)15-7/h5-6,14H,1-4H3. The van der Waals surface area contributed by atoms with E-state index >= 15 is 0 Å². The third-order valence-corrected chi connectivity index (χ3v) is 4.43. The number of rotatable bonds is 1. The molecule has 2 nitrogen and oxygen atoms in total. The lowest BCUT2D eigenvalue weighted by Crippen LogP contribution is -2.41. The van der Waals surface area contributed by atoms with Gasteiger partial charge in [-0.2, -0.15) is 0 Å². The van der Waals surface area contributed by atoms with Gasteiger partial charge in [-0.05, 0) is 33.8 Å². The Bertz CT molecular complexity index is 357.